The molecule has 0 aliphatic carbocycles. The van der Waals surface area contributed by atoms with Crippen LogP contribution in [0.15, 0.2) is 36.5 Å². The van der Waals surface area contributed by atoms with E-state index in [-0.39, 0.29) is 0 Å². The maximum Gasteiger partial charge on any atom is 0.153 e. The Morgan fingerprint density at radius 1 is 1.24 bits per heavy atom. The predicted octanol–water partition coefficient (Wildman–Crippen LogP) is 2.48. The highest BCUT2D eigenvalue weighted by atomic mass is 16.5. The van der Waals surface area contributed by atoms with E-state index in [4.69, 9.17) is 10.5 Å². The van der Waals surface area contributed by atoms with Crippen LogP contribution in [0.1, 0.15) is 22.3 Å². The molecule has 25 heavy (non-hydrogen) atoms. The number of pyridine rings is 1. The molecule has 2 aromatic rings. The van der Waals surface area contributed by atoms with Crippen LogP contribution in [0.4, 0.5) is 17.2 Å². The number of morpholine rings is 1. The van der Waals surface area contributed by atoms with Crippen molar-refractivity contribution in [2.75, 3.05) is 43.9 Å². The number of hydrogen-bond acceptors (Lipinski definition) is 6. The minimum absolute atomic E-state index is 0.585. The Morgan fingerprint density at radius 3 is 2.84 bits per heavy atom. The number of nitrogens with two attached hydrogens (primary N) is 1. The monoisotopic (exact) mass is 340 g/mol. The Morgan fingerprint density at radius 2 is 2.04 bits per heavy atom. The van der Waals surface area contributed by atoms with E-state index in [1.165, 1.54) is 0 Å². The van der Waals surface area contributed by atoms with Gasteiger partial charge in [-0.3, -0.25) is 9.69 Å². The Bertz CT molecular complexity index is 714. The zero-order chi connectivity index (χ0) is 17.5. The summed E-state index contributed by atoms with van der Waals surface area (Å²) in [5, 5.41) is 3.18. The van der Waals surface area contributed by atoms with Gasteiger partial charge in [0.1, 0.15) is 0 Å². The van der Waals surface area contributed by atoms with Crippen LogP contribution in [0.2, 0.25) is 0 Å². The van der Waals surface area contributed by atoms with E-state index in [9.17, 15) is 4.79 Å². The fourth-order valence-corrected chi connectivity index (χ4v) is 2.99. The predicted molar refractivity (Wildman–Crippen MR) is 99.3 cm³/mol. The molecule has 0 spiro atoms. The fraction of sp³-hybridized carbons (Fsp3) is 0.368. The van der Waals surface area contributed by atoms with Crippen molar-refractivity contribution in [3.63, 3.8) is 0 Å². The number of rotatable bonds is 7. The maximum absolute atomic E-state index is 11.2. The molecule has 2 heterocycles. The highest BCUT2D eigenvalue weighted by Gasteiger charge is 2.12. The molecule has 6 heteroatoms. The highest BCUT2D eigenvalue weighted by Crippen LogP contribution is 2.26. The maximum atomic E-state index is 11.2. The summed E-state index contributed by atoms with van der Waals surface area (Å²) >= 11 is 0. The summed E-state index contributed by atoms with van der Waals surface area (Å²) in [5.41, 5.74) is 9.31. The third-order valence-corrected chi connectivity index (χ3v) is 4.45. The van der Waals surface area contributed by atoms with Gasteiger partial charge in [0.2, 0.25) is 0 Å². The first-order valence-electron chi connectivity index (χ1n) is 8.62. The zero-order valence-electron chi connectivity index (χ0n) is 14.3. The number of para-hydroxylation sites is 1. The number of benzene rings is 1. The van der Waals surface area contributed by atoms with E-state index in [2.05, 4.69) is 15.2 Å². The first-order valence-corrected chi connectivity index (χ1v) is 8.62. The zero-order valence-corrected chi connectivity index (χ0v) is 14.3. The summed E-state index contributed by atoms with van der Waals surface area (Å²) in [6, 6.07) is 9.27. The molecule has 0 amide bonds. The van der Waals surface area contributed by atoms with E-state index >= 15 is 0 Å². The van der Waals surface area contributed by atoms with Gasteiger partial charge in [0, 0.05) is 24.8 Å². The molecule has 1 saturated heterocycles. The summed E-state index contributed by atoms with van der Waals surface area (Å²) in [5.74, 6) is 0.596. The van der Waals surface area contributed by atoms with Crippen molar-refractivity contribution >= 4 is 23.5 Å². The lowest BCUT2D eigenvalue weighted by atomic mass is 10.1. The third-order valence-electron chi connectivity index (χ3n) is 4.45. The van der Waals surface area contributed by atoms with Crippen molar-refractivity contribution in [1.29, 1.82) is 0 Å². The summed E-state index contributed by atoms with van der Waals surface area (Å²) < 4.78 is 5.37. The lowest BCUT2D eigenvalue weighted by molar-refractivity contribution is 0.0375. The van der Waals surface area contributed by atoms with Gasteiger partial charge in [0.05, 0.1) is 24.6 Å². The Labute approximate surface area is 148 Å². The van der Waals surface area contributed by atoms with Crippen LogP contribution in [-0.4, -0.2) is 49.0 Å². The van der Waals surface area contributed by atoms with Gasteiger partial charge in [0.15, 0.2) is 12.1 Å². The fourth-order valence-electron chi connectivity index (χ4n) is 2.99. The number of nitrogen functional groups attached to an aromatic ring is 1. The lowest BCUT2D eigenvalue weighted by Gasteiger charge is -2.26. The quantitative estimate of drug-likeness (QED) is 0.754. The van der Waals surface area contributed by atoms with E-state index in [1.807, 2.05) is 24.3 Å². The number of anilines is 3. The number of aromatic nitrogens is 1. The highest BCUT2D eigenvalue weighted by molar-refractivity contribution is 5.86. The number of hydrogen-bond donors (Lipinski definition) is 2. The van der Waals surface area contributed by atoms with Gasteiger partial charge in [-0.05, 0) is 43.1 Å². The molecule has 0 saturated carbocycles. The van der Waals surface area contributed by atoms with Crippen molar-refractivity contribution in [1.82, 2.24) is 9.88 Å². The van der Waals surface area contributed by atoms with Crippen molar-refractivity contribution < 1.29 is 9.53 Å². The van der Waals surface area contributed by atoms with Crippen LogP contribution in [-0.2, 0) is 11.2 Å². The Balaban J connectivity index is 1.64. The van der Waals surface area contributed by atoms with Gasteiger partial charge in [0.25, 0.3) is 0 Å². The first kappa shape index (κ1) is 17.4. The Kier molecular flexibility index (Phi) is 5.98. The second kappa shape index (κ2) is 8.60. The van der Waals surface area contributed by atoms with E-state index in [1.54, 1.807) is 12.3 Å². The van der Waals surface area contributed by atoms with Crippen molar-refractivity contribution in [3.8, 4) is 0 Å². The molecule has 0 unspecified atom stereocenters. The number of aryl methyl sites for hydroxylation is 1. The minimum Gasteiger partial charge on any atom is -0.396 e. The molecular weight excluding hydrogens is 316 g/mol. The molecule has 3 N–H and O–H groups in total. The van der Waals surface area contributed by atoms with Gasteiger partial charge in [-0.2, -0.15) is 0 Å². The molecule has 1 aromatic carbocycles. The van der Waals surface area contributed by atoms with E-state index in [0.29, 0.717) is 22.8 Å². The number of nitrogens with one attached hydrogen (secondary N) is 1. The third kappa shape index (κ3) is 4.55. The smallest absolute Gasteiger partial charge is 0.153 e. The van der Waals surface area contributed by atoms with Gasteiger partial charge in [-0.15, -0.1) is 0 Å². The van der Waals surface area contributed by atoms with Crippen LogP contribution in [0.3, 0.4) is 0 Å². The molecule has 1 aliphatic heterocycles. The van der Waals surface area contributed by atoms with Crippen molar-refractivity contribution in [2.45, 2.75) is 12.8 Å². The average molecular weight is 340 g/mol. The summed E-state index contributed by atoms with van der Waals surface area (Å²) in [7, 11) is 0. The van der Waals surface area contributed by atoms with Crippen LogP contribution < -0.4 is 11.1 Å². The van der Waals surface area contributed by atoms with Crippen molar-refractivity contribution in [3.05, 3.63) is 47.7 Å². The average Bonchev–Trinajstić information content (AvgIpc) is 2.66. The Hall–Kier alpha value is -2.44. The lowest BCUT2D eigenvalue weighted by Crippen LogP contribution is -2.36. The number of aldehydes is 1. The molecule has 132 valence electrons. The van der Waals surface area contributed by atoms with E-state index in [0.717, 1.165) is 57.5 Å². The largest absolute Gasteiger partial charge is 0.396 e. The molecular formula is C19H24N4O2. The van der Waals surface area contributed by atoms with Crippen LogP contribution >= 0.6 is 0 Å². The molecule has 3 rings (SSSR count). The standard InChI is InChI=1S/C19H24N4O2/c20-18-15(5-3-9-23-10-12-25-13-11-23)7-8-21-19(18)22-17-6-2-1-4-16(17)14-24/h1-2,4,6-8,14H,3,5,9-13,20H2,(H,21,22). The molecule has 1 aromatic heterocycles. The van der Waals surface area contributed by atoms with Gasteiger partial charge >= 0.3 is 0 Å². The van der Waals surface area contributed by atoms with Gasteiger partial charge in [-0.25, -0.2) is 4.98 Å². The summed E-state index contributed by atoms with van der Waals surface area (Å²) in [6.07, 6.45) is 4.52. The topological polar surface area (TPSA) is 80.5 Å². The molecule has 0 bridgehead atoms. The summed E-state index contributed by atoms with van der Waals surface area (Å²) in [4.78, 5) is 17.9. The van der Waals surface area contributed by atoms with Crippen molar-refractivity contribution in [2.24, 2.45) is 0 Å². The molecule has 1 fully saturated rings. The SMILES string of the molecule is Nc1c(CCCN2CCOCC2)ccnc1Nc1ccccc1C=O. The minimum atomic E-state index is 0.585. The van der Waals surface area contributed by atoms with Gasteiger partial charge in [-0.1, -0.05) is 12.1 Å². The molecule has 0 atom stereocenters. The molecule has 1 aliphatic rings. The molecule has 0 radical (unpaired) electrons. The van der Waals surface area contributed by atoms with E-state index < -0.39 is 0 Å². The number of nitrogens with zero attached hydrogens (tertiary/aromatic N) is 2. The summed E-state index contributed by atoms with van der Waals surface area (Å²) in [6.45, 7) is 4.69. The normalized spacial score (nSPS) is 15.0. The number of ether oxygens (including phenoxy) is 1. The molecule has 6 nitrogen and oxygen atoms in total. The number of carbonyl (C=O) groups is 1. The number of carbonyl (C=O) groups excluding carboxylic acids is 1. The van der Waals surface area contributed by atoms with Crippen LogP contribution in [0.25, 0.3) is 0 Å². The van der Waals surface area contributed by atoms with Gasteiger partial charge < -0.3 is 15.8 Å². The van der Waals surface area contributed by atoms with Crippen LogP contribution in [0.5, 0.6) is 0 Å². The second-order valence-electron chi connectivity index (χ2n) is 6.12. The van der Waals surface area contributed by atoms with Crippen LogP contribution in [0, 0.1) is 0 Å². The second-order valence-corrected chi connectivity index (χ2v) is 6.12. The first-order chi connectivity index (χ1) is 12.3.